The maximum absolute atomic E-state index is 12.8. The van der Waals surface area contributed by atoms with Gasteiger partial charge in [0.2, 0.25) is 5.91 Å². The summed E-state index contributed by atoms with van der Waals surface area (Å²) >= 11 is 3.51. The van der Waals surface area contributed by atoms with Crippen molar-refractivity contribution in [2.24, 2.45) is 0 Å². The number of halogens is 1. The molecule has 1 atom stereocenters. The third-order valence-electron chi connectivity index (χ3n) is 5.76. The monoisotopic (exact) mass is 459 g/mol. The van der Waals surface area contributed by atoms with Gasteiger partial charge in [0, 0.05) is 35.6 Å². The summed E-state index contributed by atoms with van der Waals surface area (Å²) in [5.41, 5.74) is 4.37. The van der Waals surface area contributed by atoms with Gasteiger partial charge < -0.3 is 9.47 Å². The summed E-state index contributed by atoms with van der Waals surface area (Å²) in [4.78, 5) is 19.7. The quantitative estimate of drug-likeness (QED) is 0.391. The Balaban J connectivity index is 1.47. The van der Waals surface area contributed by atoms with Gasteiger partial charge in [-0.1, -0.05) is 64.5 Å². The second kappa shape index (κ2) is 8.07. The van der Waals surface area contributed by atoms with Crippen LogP contribution in [-0.2, 0) is 17.8 Å². The van der Waals surface area contributed by atoms with Crippen molar-refractivity contribution in [3.8, 4) is 0 Å². The maximum atomic E-state index is 12.8. The minimum Gasteiger partial charge on any atom is -0.327 e. The zero-order chi connectivity index (χ0) is 20.5. The second-order valence-corrected chi connectivity index (χ2v) is 8.65. The molecule has 0 saturated carbocycles. The standard InChI is InChI=1S/C25H22BrN3O/c26-20-9-6-10-21(16-20)29-17-19(15-24(29)30)25-27-22-11-4-5-12-23(22)28(25)14-13-18-7-2-1-3-8-18/h1-12,16,19H,13-15,17H2. The van der Waals surface area contributed by atoms with Crippen LogP contribution in [0.2, 0.25) is 0 Å². The van der Waals surface area contributed by atoms with Crippen LogP contribution in [0.3, 0.4) is 0 Å². The first kappa shape index (κ1) is 19.1. The van der Waals surface area contributed by atoms with Crippen LogP contribution in [0.15, 0.2) is 83.3 Å². The van der Waals surface area contributed by atoms with Crippen molar-refractivity contribution in [2.75, 3.05) is 11.4 Å². The summed E-state index contributed by atoms with van der Waals surface area (Å²) in [6.07, 6.45) is 1.42. The van der Waals surface area contributed by atoms with E-state index < -0.39 is 0 Å². The lowest BCUT2D eigenvalue weighted by atomic mass is 10.1. The van der Waals surface area contributed by atoms with E-state index in [9.17, 15) is 4.79 Å². The first-order valence-electron chi connectivity index (χ1n) is 10.2. The molecule has 0 N–H and O–H groups in total. The molecule has 4 aromatic rings. The van der Waals surface area contributed by atoms with E-state index in [1.54, 1.807) is 0 Å². The van der Waals surface area contributed by atoms with Gasteiger partial charge in [-0.2, -0.15) is 0 Å². The lowest BCUT2D eigenvalue weighted by molar-refractivity contribution is -0.117. The topological polar surface area (TPSA) is 38.1 Å². The number of imidazole rings is 1. The molecule has 0 bridgehead atoms. The minimum atomic E-state index is 0.0830. The van der Waals surface area contributed by atoms with Gasteiger partial charge in [0.1, 0.15) is 5.82 Å². The van der Waals surface area contributed by atoms with Crippen LogP contribution in [0.25, 0.3) is 11.0 Å². The molecule has 4 nitrogen and oxygen atoms in total. The Hall–Kier alpha value is -2.92. The van der Waals surface area contributed by atoms with E-state index in [2.05, 4.69) is 63.0 Å². The summed E-state index contributed by atoms with van der Waals surface area (Å²) in [6.45, 7) is 1.51. The van der Waals surface area contributed by atoms with Gasteiger partial charge in [-0.3, -0.25) is 4.79 Å². The number of carbonyl (C=O) groups is 1. The molecule has 0 spiro atoms. The lowest BCUT2D eigenvalue weighted by Crippen LogP contribution is -2.24. The summed E-state index contributed by atoms with van der Waals surface area (Å²) in [7, 11) is 0. The average Bonchev–Trinajstić information content (AvgIpc) is 3.33. The van der Waals surface area contributed by atoms with Gasteiger partial charge in [0.25, 0.3) is 0 Å². The van der Waals surface area contributed by atoms with Crippen LogP contribution in [0.1, 0.15) is 23.7 Å². The fraction of sp³-hybridized carbons (Fsp3) is 0.200. The Kier molecular flexibility index (Phi) is 5.13. The van der Waals surface area contributed by atoms with Crippen LogP contribution in [-0.4, -0.2) is 22.0 Å². The second-order valence-electron chi connectivity index (χ2n) is 7.73. The maximum Gasteiger partial charge on any atom is 0.227 e. The highest BCUT2D eigenvalue weighted by Gasteiger charge is 2.34. The third-order valence-corrected chi connectivity index (χ3v) is 6.25. The fourth-order valence-corrected chi connectivity index (χ4v) is 4.69. The van der Waals surface area contributed by atoms with Gasteiger partial charge in [-0.15, -0.1) is 0 Å². The first-order valence-corrected chi connectivity index (χ1v) is 11.0. The van der Waals surface area contributed by atoms with Crippen molar-refractivity contribution in [3.63, 3.8) is 0 Å². The highest BCUT2D eigenvalue weighted by atomic mass is 79.9. The molecule has 1 fully saturated rings. The van der Waals surface area contributed by atoms with E-state index in [1.807, 2.05) is 41.3 Å². The predicted octanol–water partition coefficient (Wildman–Crippen LogP) is 5.56. The van der Waals surface area contributed by atoms with Crippen LogP contribution in [0, 0.1) is 0 Å². The molecule has 2 heterocycles. The number of hydrogen-bond donors (Lipinski definition) is 0. The van der Waals surface area contributed by atoms with E-state index >= 15 is 0 Å². The highest BCUT2D eigenvalue weighted by Crippen LogP contribution is 2.34. The number of fused-ring (bicyclic) bond motifs is 1. The number of amides is 1. The summed E-state index contributed by atoms with van der Waals surface area (Å²) in [5, 5.41) is 0. The molecule has 1 amide bonds. The van der Waals surface area contributed by atoms with Gasteiger partial charge in [0.05, 0.1) is 11.0 Å². The molecule has 1 aliphatic heterocycles. The predicted molar refractivity (Wildman–Crippen MR) is 124 cm³/mol. The molecule has 5 heteroatoms. The molecule has 1 unspecified atom stereocenters. The van der Waals surface area contributed by atoms with Crippen LogP contribution in [0.4, 0.5) is 5.69 Å². The Labute approximate surface area is 184 Å². The number of anilines is 1. The number of carbonyl (C=O) groups excluding carboxylic acids is 1. The average molecular weight is 460 g/mol. The molecule has 0 aliphatic carbocycles. The number of rotatable bonds is 5. The molecule has 3 aromatic carbocycles. The number of aromatic nitrogens is 2. The Bertz CT molecular complexity index is 1200. The number of para-hydroxylation sites is 2. The van der Waals surface area contributed by atoms with Gasteiger partial charge in [-0.05, 0) is 42.3 Å². The molecule has 150 valence electrons. The van der Waals surface area contributed by atoms with Crippen LogP contribution < -0.4 is 4.90 Å². The SMILES string of the molecule is O=C1CC(c2nc3ccccc3n2CCc2ccccc2)CN1c1cccc(Br)c1. The van der Waals surface area contributed by atoms with Crippen molar-refractivity contribution in [1.82, 2.24) is 9.55 Å². The van der Waals surface area contributed by atoms with Gasteiger partial charge in [0.15, 0.2) is 0 Å². The molecule has 1 aliphatic rings. The summed E-state index contributed by atoms with van der Waals surface area (Å²) in [6, 6.07) is 26.7. The normalized spacial score (nSPS) is 16.5. The van der Waals surface area contributed by atoms with Crippen molar-refractivity contribution in [1.29, 1.82) is 0 Å². The van der Waals surface area contributed by atoms with Crippen LogP contribution >= 0.6 is 15.9 Å². The van der Waals surface area contributed by atoms with E-state index in [0.717, 1.165) is 40.0 Å². The zero-order valence-corrected chi connectivity index (χ0v) is 18.1. The van der Waals surface area contributed by atoms with E-state index in [0.29, 0.717) is 13.0 Å². The molecular formula is C25H22BrN3O. The van der Waals surface area contributed by atoms with E-state index in [1.165, 1.54) is 5.56 Å². The number of hydrogen-bond acceptors (Lipinski definition) is 2. The zero-order valence-electron chi connectivity index (χ0n) is 16.5. The van der Waals surface area contributed by atoms with Crippen molar-refractivity contribution in [2.45, 2.75) is 25.3 Å². The van der Waals surface area contributed by atoms with E-state index in [-0.39, 0.29) is 11.8 Å². The Morgan fingerprint density at radius 2 is 1.77 bits per heavy atom. The first-order chi connectivity index (χ1) is 14.7. The Morgan fingerprint density at radius 3 is 2.60 bits per heavy atom. The Morgan fingerprint density at radius 1 is 0.967 bits per heavy atom. The van der Waals surface area contributed by atoms with Crippen molar-refractivity contribution in [3.05, 3.63) is 94.7 Å². The molecular weight excluding hydrogens is 438 g/mol. The minimum absolute atomic E-state index is 0.0830. The third kappa shape index (κ3) is 3.65. The highest BCUT2D eigenvalue weighted by molar-refractivity contribution is 9.10. The molecule has 0 radical (unpaired) electrons. The number of aryl methyl sites for hydroxylation is 2. The number of nitrogens with zero attached hydrogens (tertiary/aromatic N) is 3. The largest absolute Gasteiger partial charge is 0.327 e. The smallest absolute Gasteiger partial charge is 0.227 e. The van der Waals surface area contributed by atoms with Crippen LogP contribution in [0.5, 0.6) is 0 Å². The van der Waals surface area contributed by atoms with Gasteiger partial charge >= 0.3 is 0 Å². The molecule has 5 rings (SSSR count). The number of benzene rings is 3. The lowest BCUT2D eigenvalue weighted by Gasteiger charge is -2.18. The molecule has 1 saturated heterocycles. The molecule has 30 heavy (non-hydrogen) atoms. The fourth-order valence-electron chi connectivity index (χ4n) is 4.30. The molecule has 1 aromatic heterocycles. The van der Waals surface area contributed by atoms with Gasteiger partial charge in [-0.25, -0.2) is 4.98 Å². The van der Waals surface area contributed by atoms with E-state index in [4.69, 9.17) is 4.98 Å². The summed E-state index contributed by atoms with van der Waals surface area (Å²) in [5.74, 6) is 1.25. The van der Waals surface area contributed by atoms with Crippen molar-refractivity contribution < 1.29 is 4.79 Å². The summed E-state index contributed by atoms with van der Waals surface area (Å²) < 4.78 is 3.29. The van der Waals surface area contributed by atoms with Crippen molar-refractivity contribution >= 4 is 38.6 Å².